The third kappa shape index (κ3) is 4.29. The van der Waals surface area contributed by atoms with Crippen LogP contribution in [0, 0.1) is 0 Å². The minimum Gasteiger partial charge on any atom is -0.493 e. The number of ether oxygens (including phenoxy) is 1. The Bertz CT molecular complexity index is 1250. The zero-order chi connectivity index (χ0) is 22.9. The van der Waals surface area contributed by atoms with Crippen LogP contribution in [0.4, 0.5) is 13.2 Å². The molecule has 0 saturated heterocycles. The number of halogens is 4. The first kappa shape index (κ1) is 22.5. The molecule has 2 aromatic heterocycles. The van der Waals surface area contributed by atoms with Crippen molar-refractivity contribution in [2.75, 3.05) is 6.61 Å². The highest BCUT2D eigenvalue weighted by Crippen LogP contribution is 2.38. The Hall–Kier alpha value is -2.71. The summed E-state index contributed by atoms with van der Waals surface area (Å²) in [6.07, 6.45) is -0.699. The van der Waals surface area contributed by atoms with Crippen LogP contribution < -0.4 is 4.74 Å². The van der Waals surface area contributed by atoms with Gasteiger partial charge in [-0.15, -0.1) is 0 Å². The summed E-state index contributed by atoms with van der Waals surface area (Å²) in [7, 11) is 0. The number of alkyl halides is 3. The Morgan fingerprint density at radius 3 is 2.75 bits per heavy atom. The number of hydrogen-bond donors (Lipinski definition) is 1. The van der Waals surface area contributed by atoms with Gasteiger partial charge in [0.05, 0.1) is 18.6 Å². The normalized spacial score (nSPS) is 12.2. The van der Waals surface area contributed by atoms with Crippen LogP contribution >= 0.6 is 11.6 Å². The number of aliphatic hydroxyl groups excluding tert-OH is 1. The third-order valence-electron chi connectivity index (χ3n) is 5.38. The van der Waals surface area contributed by atoms with Crippen LogP contribution in [0.1, 0.15) is 36.6 Å². The second-order valence-corrected chi connectivity index (χ2v) is 7.98. The van der Waals surface area contributed by atoms with Gasteiger partial charge in [0, 0.05) is 34.2 Å². The zero-order valence-corrected chi connectivity index (χ0v) is 18.1. The van der Waals surface area contributed by atoms with Crippen LogP contribution in [0.2, 0.25) is 5.02 Å². The fourth-order valence-corrected chi connectivity index (χ4v) is 4.08. The Morgan fingerprint density at radius 1 is 1.22 bits per heavy atom. The molecule has 4 aromatic rings. The van der Waals surface area contributed by atoms with Gasteiger partial charge in [0.2, 0.25) is 0 Å². The van der Waals surface area contributed by atoms with Gasteiger partial charge in [0.15, 0.2) is 11.3 Å². The molecule has 2 aromatic carbocycles. The van der Waals surface area contributed by atoms with Gasteiger partial charge in [-0.1, -0.05) is 30.1 Å². The summed E-state index contributed by atoms with van der Waals surface area (Å²) < 4.78 is 52.5. The van der Waals surface area contributed by atoms with Gasteiger partial charge < -0.3 is 18.9 Å². The molecule has 0 amide bonds. The van der Waals surface area contributed by atoms with E-state index in [1.165, 1.54) is 6.07 Å². The van der Waals surface area contributed by atoms with Gasteiger partial charge in [-0.25, -0.2) is 0 Å². The largest absolute Gasteiger partial charge is 0.493 e. The molecule has 0 aliphatic carbocycles. The lowest BCUT2D eigenvalue weighted by Gasteiger charge is -2.12. The van der Waals surface area contributed by atoms with Gasteiger partial charge in [-0.3, -0.25) is 0 Å². The van der Waals surface area contributed by atoms with Gasteiger partial charge in [0.25, 0.3) is 0 Å². The maximum Gasteiger partial charge on any atom is 0.437 e. The number of aryl methyl sites for hydroxylation is 2. The topological polar surface area (TPSA) is 60.4 Å². The molecule has 0 atom stereocenters. The van der Waals surface area contributed by atoms with Crippen molar-refractivity contribution in [1.82, 2.24) is 9.72 Å². The minimum atomic E-state index is -4.57. The van der Waals surface area contributed by atoms with E-state index in [9.17, 15) is 18.3 Å². The van der Waals surface area contributed by atoms with Crippen molar-refractivity contribution in [3.63, 3.8) is 0 Å². The van der Waals surface area contributed by atoms with Gasteiger partial charge in [-0.2, -0.15) is 13.2 Å². The van der Waals surface area contributed by atoms with Crippen molar-refractivity contribution in [2.45, 2.75) is 45.5 Å². The van der Waals surface area contributed by atoms with Crippen LogP contribution in [0.3, 0.4) is 0 Å². The lowest BCUT2D eigenvalue weighted by Crippen LogP contribution is -2.06. The molecule has 9 heteroatoms. The summed E-state index contributed by atoms with van der Waals surface area (Å²) in [6.45, 7) is 2.87. The molecule has 1 N–H and O–H groups in total. The smallest absolute Gasteiger partial charge is 0.437 e. The fraction of sp³-hybridized carbons (Fsp3) is 0.348. The van der Waals surface area contributed by atoms with E-state index in [2.05, 4.69) is 5.16 Å². The van der Waals surface area contributed by atoms with Crippen LogP contribution in [0.25, 0.3) is 21.9 Å². The van der Waals surface area contributed by atoms with Gasteiger partial charge in [-0.05, 0) is 48.7 Å². The molecule has 0 aliphatic rings. The van der Waals surface area contributed by atoms with E-state index in [-0.39, 0.29) is 17.6 Å². The summed E-state index contributed by atoms with van der Waals surface area (Å²) in [5, 5.41) is 14.1. The van der Waals surface area contributed by atoms with E-state index in [0.717, 1.165) is 17.3 Å². The highest BCUT2D eigenvalue weighted by molar-refractivity contribution is 6.32. The molecule has 0 radical (unpaired) electrons. The van der Waals surface area contributed by atoms with Crippen molar-refractivity contribution in [3.8, 4) is 5.75 Å². The molecule has 170 valence electrons. The molecular weight excluding hydrogens is 445 g/mol. The second kappa shape index (κ2) is 9.03. The van der Waals surface area contributed by atoms with Gasteiger partial charge >= 0.3 is 6.18 Å². The van der Waals surface area contributed by atoms with Crippen molar-refractivity contribution in [2.24, 2.45) is 0 Å². The van der Waals surface area contributed by atoms with Gasteiger partial charge in [0.1, 0.15) is 5.75 Å². The van der Waals surface area contributed by atoms with Crippen molar-refractivity contribution >= 4 is 33.5 Å². The molecule has 0 bridgehead atoms. The molecule has 4 rings (SSSR count). The van der Waals surface area contributed by atoms with Crippen molar-refractivity contribution < 1.29 is 27.5 Å². The van der Waals surface area contributed by atoms with Crippen LogP contribution in [0.5, 0.6) is 5.75 Å². The average molecular weight is 467 g/mol. The zero-order valence-electron chi connectivity index (χ0n) is 17.4. The molecule has 0 aliphatic heterocycles. The predicted molar refractivity (Wildman–Crippen MR) is 116 cm³/mol. The summed E-state index contributed by atoms with van der Waals surface area (Å²) >= 11 is 6.22. The van der Waals surface area contributed by atoms with E-state index in [1.807, 2.05) is 35.9 Å². The van der Waals surface area contributed by atoms with Crippen molar-refractivity contribution in [1.29, 1.82) is 0 Å². The quantitative estimate of drug-likeness (QED) is 0.306. The highest BCUT2D eigenvalue weighted by atomic mass is 35.5. The van der Waals surface area contributed by atoms with Crippen LogP contribution in [-0.2, 0) is 25.7 Å². The molecule has 32 heavy (non-hydrogen) atoms. The average Bonchev–Trinajstić information content (AvgIpc) is 3.36. The van der Waals surface area contributed by atoms with E-state index < -0.39 is 11.9 Å². The minimum absolute atomic E-state index is 0.0498. The van der Waals surface area contributed by atoms with Crippen molar-refractivity contribution in [3.05, 3.63) is 58.4 Å². The number of aliphatic hydroxyl groups is 1. The Labute approximate surface area is 187 Å². The molecule has 5 nitrogen and oxygen atoms in total. The number of fused-ring (bicyclic) bond motifs is 2. The maximum absolute atomic E-state index is 13.2. The van der Waals surface area contributed by atoms with E-state index in [4.69, 9.17) is 20.9 Å². The lowest BCUT2D eigenvalue weighted by atomic mass is 10.0. The number of hydrogen-bond acceptors (Lipinski definition) is 4. The molecule has 0 spiro atoms. The van der Waals surface area contributed by atoms with Crippen LogP contribution in [-0.4, -0.2) is 21.4 Å². The summed E-state index contributed by atoms with van der Waals surface area (Å²) in [5.41, 5.74) is 1.35. The molecule has 2 heterocycles. The molecule has 0 unspecified atom stereocenters. The third-order valence-corrected chi connectivity index (χ3v) is 5.73. The number of rotatable bonds is 8. The second-order valence-electron chi connectivity index (χ2n) is 7.57. The monoisotopic (exact) mass is 466 g/mol. The number of nitrogens with zero attached hydrogens (tertiary/aromatic N) is 2. The fourth-order valence-electron chi connectivity index (χ4n) is 3.86. The van der Waals surface area contributed by atoms with Crippen LogP contribution in [0.15, 0.2) is 41.1 Å². The molecular formula is C23H22ClF3N2O3. The first-order valence-electron chi connectivity index (χ1n) is 10.3. The summed E-state index contributed by atoms with van der Waals surface area (Å²) in [6, 6.07) is 8.56. The predicted octanol–water partition coefficient (Wildman–Crippen LogP) is 6.37. The summed E-state index contributed by atoms with van der Waals surface area (Å²) in [4.78, 5) is 0. The first-order valence-corrected chi connectivity index (χ1v) is 10.7. The van der Waals surface area contributed by atoms with E-state index in [1.54, 1.807) is 6.07 Å². The molecule has 0 fully saturated rings. The number of benzene rings is 2. The Balaban J connectivity index is 1.48. The summed E-state index contributed by atoms with van der Waals surface area (Å²) in [5.74, 6) is 0.511. The number of aromatic nitrogens is 2. The van der Waals surface area contributed by atoms with E-state index in [0.29, 0.717) is 47.9 Å². The molecule has 0 saturated carbocycles. The standard InChI is InChI=1S/C23H22ClF3N2O3/c1-2-4-16-20(6-5-17-21(16)32-28-22(17)23(25,26)27)31-10-3-8-29-9-7-14-11-15(13-30)18(24)12-19(14)29/h5-7,9,11-12,30H,2-4,8,10,13H2,1H3. The highest BCUT2D eigenvalue weighted by Gasteiger charge is 2.37. The maximum atomic E-state index is 13.2. The first-order chi connectivity index (χ1) is 15.3. The Kier molecular flexibility index (Phi) is 6.35. The SMILES string of the molecule is CCCc1c(OCCCn2ccc3cc(CO)c(Cl)cc32)ccc2c(C(F)(F)F)noc12. The lowest BCUT2D eigenvalue weighted by molar-refractivity contribution is -0.141. The Morgan fingerprint density at radius 2 is 2.03 bits per heavy atom. The van der Waals surface area contributed by atoms with E-state index >= 15 is 0 Å².